The first kappa shape index (κ1) is 13.2. The molecular formula is C10H11NO5S. The summed E-state index contributed by atoms with van der Waals surface area (Å²) in [7, 11) is -4.55. The normalized spacial score (nSPS) is 12.2. The van der Waals surface area contributed by atoms with Gasteiger partial charge in [-0.05, 0) is 30.7 Å². The minimum atomic E-state index is -4.55. The monoisotopic (exact) mass is 257 g/mol. The van der Waals surface area contributed by atoms with E-state index in [0.717, 1.165) is 0 Å². The highest BCUT2D eigenvalue weighted by Crippen LogP contribution is 2.12. The van der Waals surface area contributed by atoms with Crippen molar-refractivity contribution in [3.05, 3.63) is 35.4 Å². The molecule has 1 rings (SSSR count). The average Bonchev–Trinajstić information content (AvgIpc) is 2.19. The lowest BCUT2D eigenvalue weighted by atomic mass is 10.1. The molecule has 6 nitrogen and oxygen atoms in total. The highest BCUT2D eigenvalue weighted by atomic mass is 32.2. The Morgan fingerprint density at radius 1 is 1.29 bits per heavy atom. The van der Waals surface area contributed by atoms with Crippen LogP contribution in [0.2, 0.25) is 0 Å². The number of phenols is 1. The SMILES string of the molecule is C/C(=C\c1ccc(O)cc1)C(=O)NS(=O)(=O)O. The first-order valence-electron chi connectivity index (χ1n) is 4.55. The summed E-state index contributed by atoms with van der Waals surface area (Å²) in [5.74, 6) is -0.831. The van der Waals surface area contributed by atoms with E-state index in [-0.39, 0.29) is 11.3 Å². The molecule has 0 aliphatic rings. The van der Waals surface area contributed by atoms with Gasteiger partial charge in [0.1, 0.15) is 5.75 Å². The molecule has 0 atom stereocenters. The van der Waals surface area contributed by atoms with Crippen molar-refractivity contribution in [2.24, 2.45) is 0 Å². The third-order valence-electron chi connectivity index (χ3n) is 1.86. The molecule has 0 spiro atoms. The molecule has 0 aromatic heterocycles. The molecule has 0 aliphatic carbocycles. The van der Waals surface area contributed by atoms with E-state index < -0.39 is 16.2 Å². The number of hydrogen-bond donors (Lipinski definition) is 3. The second-order valence-corrected chi connectivity index (χ2v) is 4.48. The number of hydrogen-bond acceptors (Lipinski definition) is 4. The van der Waals surface area contributed by atoms with Crippen molar-refractivity contribution in [3.8, 4) is 5.75 Å². The van der Waals surface area contributed by atoms with Gasteiger partial charge in [0, 0.05) is 5.57 Å². The van der Waals surface area contributed by atoms with Crippen LogP contribution in [0.4, 0.5) is 0 Å². The number of carbonyl (C=O) groups excluding carboxylic acids is 1. The maximum absolute atomic E-state index is 11.3. The summed E-state index contributed by atoms with van der Waals surface area (Å²) in [4.78, 5) is 11.3. The van der Waals surface area contributed by atoms with Gasteiger partial charge in [0.15, 0.2) is 0 Å². The van der Waals surface area contributed by atoms with E-state index in [9.17, 15) is 13.2 Å². The minimum Gasteiger partial charge on any atom is -0.508 e. The number of amides is 1. The molecule has 17 heavy (non-hydrogen) atoms. The summed E-state index contributed by atoms with van der Waals surface area (Å²) in [6, 6.07) is 5.97. The molecule has 1 amide bonds. The van der Waals surface area contributed by atoms with Crippen molar-refractivity contribution in [2.45, 2.75) is 6.92 Å². The maximum Gasteiger partial charge on any atom is 0.359 e. The zero-order valence-corrected chi connectivity index (χ0v) is 9.73. The summed E-state index contributed by atoms with van der Waals surface area (Å²) in [5.41, 5.74) is 0.721. The smallest absolute Gasteiger partial charge is 0.359 e. The Bertz CT molecular complexity index is 545. The molecule has 1 aromatic carbocycles. The third kappa shape index (κ3) is 4.66. The molecule has 0 aliphatic heterocycles. The van der Waals surface area contributed by atoms with Crippen molar-refractivity contribution in [1.29, 1.82) is 0 Å². The van der Waals surface area contributed by atoms with E-state index in [1.54, 1.807) is 12.1 Å². The van der Waals surface area contributed by atoms with Gasteiger partial charge in [-0.3, -0.25) is 9.35 Å². The van der Waals surface area contributed by atoms with Gasteiger partial charge in [0.25, 0.3) is 5.91 Å². The van der Waals surface area contributed by atoms with Gasteiger partial charge in [0.05, 0.1) is 0 Å². The van der Waals surface area contributed by atoms with Crippen LogP contribution in [0.1, 0.15) is 12.5 Å². The molecule has 0 saturated carbocycles. The molecule has 7 heteroatoms. The molecule has 0 bridgehead atoms. The molecule has 0 radical (unpaired) electrons. The number of nitrogens with one attached hydrogen (secondary N) is 1. The number of carbonyl (C=O) groups is 1. The molecule has 0 saturated heterocycles. The highest BCUT2D eigenvalue weighted by Gasteiger charge is 2.11. The molecule has 92 valence electrons. The van der Waals surface area contributed by atoms with Crippen LogP contribution >= 0.6 is 0 Å². The Kier molecular flexibility index (Phi) is 3.87. The summed E-state index contributed by atoms with van der Waals surface area (Å²) < 4.78 is 30.7. The number of benzene rings is 1. The predicted octanol–water partition coefficient (Wildman–Crippen LogP) is 0.714. The van der Waals surface area contributed by atoms with Gasteiger partial charge in [-0.1, -0.05) is 12.1 Å². The van der Waals surface area contributed by atoms with Crippen molar-refractivity contribution >= 4 is 22.3 Å². The van der Waals surface area contributed by atoms with Gasteiger partial charge < -0.3 is 5.11 Å². The lowest BCUT2D eigenvalue weighted by molar-refractivity contribution is -0.115. The zero-order valence-electron chi connectivity index (χ0n) is 8.91. The Morgan fingerprint density at radius 2 is 1.82 bits per heavy atom. The van der Waals surface area contributed by atoms with Crippen LogP contribution in [0.3, 0.4) is 0 Å². The summed E-state index contributed by atoms with van der Waals surface area (Å²) >= 11 is 0. The van der Waals surface area contributed by atoms with Crippen LogP contribution < -0.4 is 4.72 Å². The second-order valence-electron chi connectivity index (χ2n) is 3.33. The second kappa shape index (κ2) is 4.98. The molecule has 3 N–H and O–H groups in total. The lowest BCUT2D eigenvalue weighted by Gasteiger charge is -2.01. The largest absolute Gasteiger partial charge is 0.508 e. The maximum atomic E-state index is 11.3. The van der Waals surface area contributed by atoms with Gasteiger partial charge in [-0.2, -0.15) is 8.42 Å². The third-order valence-corrected chi connectivity index (χ3v) is 2.30. The fourth-order valence-corrected chi connectivity index (χ4v) is 1.48. The lowest BCUT2D eigenvalue weighted by Crippen LogP contribution is -2.30. The van der Waals surface area contributed by atoms with E-state index in [2.05, 4.69) is 0 Å². The standard InChI is InChI=1S/C10H11NO5S/c1-7(10(13)11-17(14,15)16)6-8-2-4-9(12)5-3-8/h2-6,12H,1H3,(H,11,13)(H,14,15,16)/b7-6+. The minimum absolute atomic E-state index is 0.0854. The topological polar surface area (TPSA) is 104 Å². The molecule has 1 aromatic rings. The van der Waals surface area contributed by atoms with Crippen LogP contribution in [0, 0.1) is 0 Å². The van der Waals surface area contributed by atoms with Crippen LogP contribution in [-0.4, -0.2) is 24.0 Å². The number of phenolic OH excluding ortho intramolecular Hbond substituents is 1. The fraction of sp³-hybridized carbons (Fsp3) is 0.100. The van der Waals surface area contributed by atoms with E-state index in [0.29, 0.717) is 5.56 Å². The van der Waals surface area contributed by atoms with Gasteiger partial charge in [-0.25, -0.2) is 4.72 Å². The zero-order chi connectivity index (χ0) is 13.1. The molecular weight excluding hydrogens is 246 g/mol. The van der Waals surface area contributed by atoms with Crippen LogP contribution in [0.25, 0.3) is 6.08 Å². The van der Waals surface area contributed by atoms with Crippen LogP contribution in [-0.2, 0) is 15.1 Å². The van der Waals surface area contributed by atoms with E-state index in [4.69, 9.17) is 9.66 Å². The van der Waals surface area contributed by atoms with Gasteiger partial charge in [0.2, 0.25) is 0 Å². The molecule has 0 fully saturated rings. The highest BCUT2D eigenvalue weighted by molar-refractivity contribution is 7.84. The van der Waals surface area contributed by atoms with E-state index >= 15 is 0 Å². The van der Waals surface area contributed by atoms with E-state index in [1.807, 2.05) is 0 Å². The van der Waals surface area contributed by atoms with Crippen molar-refractivity contribution in [3.63, 3.8) is 0 Å². The van der Waals surface area contributed by atoms with Crippen molar-refractivity contribution < 1.29 is 22.9 Å². The Labute approximate surface area is 98.5 Å². The van der Waals surface area contributed by atoms with Gasteiger partial charge in [-0.15, -0.1) is 0 Å². The number of rotatable bonds is 3. The molecule has 0 unspecified atom stereocenters. The Hall–Kier alpha value is -1.86. The Balaban J connectivity index is 2.86. The first-order valence-corrected chi connectivity index (χ1v) is 5.99. The van der Waals surface area contributed by atoms with Crippen molar-refractivity contribution in [2.75, 3.05) is 0 Å². The van der Waals surface area contributed by atoms with Gasteiger partial charge >= 0.3 is 10.3 Å². The number of aromatic hydroxyl groups is 1. The fourth-order valence-electron chi connectivity index (χ4n) is 1.08. The van der Waals surface area contributed by atoms with Crippen LogP contribution in [0.15, 0.2) is 29.8 Å². The quantitative estimate of drug-likeness (QED) is 0.546. The predicted molar refractivity (Wildman–Crippen MR) is 61.4 cm³/mol. The van der Waals surface area contributed by atoms with Crippen molar-refractivity contribution in [1.82, 2.24) is 4.72 Å². The summed E-state index contributed by atoms with van der Waals surface area (Å²) in [5, 5.41) is 9.04. The Morgan fingerprint density at radius 3 is 2.29 bits per heavy atom. The summed E-state index contributed by atoms with van der Waals surface area (Å²) in [6.07, 6.45) is 1.42. The molecule has 0 heterocycles. The summed E-state index contributed by atoms with van der Waals surface area (Å²) in [6.45, 7) is 1.40. The average molecular weight is 257 g/mol. The van der Waals surface area contributed by atoms with E-state index in [1.165, 1.54) is 29.9 Å². The first-order chi connectivity index (χ1) is 7.78. The van der Waals surface area contributed by atoms with Crippen LogP contribution in [0.5, 0.6) is 5.75 Å².